The highest BCUT2D eigenvalue weighted by molar-refractivity contribution is 6.24. The Labute approximate surface area is 190 Å². The summed E-state index contributed by atoms with van der Waals surface area (Å²) in [5.41, 5.74) is 3.16. The summed E-state index contributed by atoms with van der Waals surface area (Å²) in [6, 6.07) is 2.10. The van der Waals surface area contributed by atoms with E-state index in [2.05, 4.69) is 5.32 Å². The van der Waals surface area contributed by atoms with Crippen molar-refractivity contribution in [2.45, 2.75) is 31.0 Å². The largest absolute Gasteiger partial charge is 0.510 e. The zero-order chi connectivity index (χ0) is 24.4. The molecule has 10 heteroatoms. The van der Waals surface area contributed by atoms with Crippen molar-refractivity contribution in [3.63, 3.8) is 0 Å². The van der Waals surface area contributed by atoms with Gasteiger partial charge < -0.3 is 31.5 Å². The average molecular weight is 457 g/mol. The molecule has 4 rings (SSSR count). The highest BCUT2D eigenvalue weighted by atomic mass is 16.3. The van der Waals surface area contributed by atoms with E-state index in [-0.39, 0.29) is 29.7 Å². The Hall–Kier alpha value is -3.21. The van der Waals surface area contributed by atoms with E-state index in [0.717, 1.165) is 5.56 Å². The molecular formula is C23H27N3O7. The predicted octanol–water partition coefficient (Wildman–Crippen LogP) is -0.160. The van der Waals surface area contributed by atoms with Crippen LogP contribution < -0.4 is 11.1 Å². The third kappa shape index (κ3) is 3.01. The standard InChI is InChI=1S/C23H27N3O7/c1-25-8-9-4-5-13(27)15-11(9)6-10-7-12-17(26(2)3)19(29)16(22(24)32)21(31)23(12,33)20(30)14(10)18(15)28/h4-5,10,12,17,25,27,29-30,33H,6-8H2,1-3H3,(H2,24,32)/t10-,12-,17?,23-/m0/s1. The molecule has 3 aliphatic carbocycles. The fourth-order valence-corrected chi connectivity index (χ4v) is 5.67. The molecule has 1 aromatic rings. The van der Waals surface area contributed by atoms with Gasteiger partial charge in [-0.2, -0.15) is 0 Å². The molecule has 7 N–H and O–H groups in total. The quantitative estimate of drug-likeness (QED) is 0.336. The number of aliphatic hydroxyl groups excluding tert-OH is 2. The highest BCUT2D eigenvalue weighted by Crippen LogP contribution is 2.52. The lowest BCUT2D eigenvalue weighted by Crippen LogP contribution is -2.63. The predicted molar refractivity (Wildman–Crippen MR) is 116 cm³/mol. The number of rotatable bonds is 4. The van der Waals surface area contributed by atoms with Crippen LogP contribution in [0.3, 0.4) is 0 Å². The number of nitrogens with one attached hydrogen (secondary N) is 1. The Bertz CT molecular complexity index is 1150. The van der Waals surface area contributed by atoms with Crippen LogP contribution in [0.1, 0.15) is 27.9 Å². The second-order valence-corrected chi connectivity index (χ2v) is 9.09. The molecular weight excluding hydrogens is 430 g/mol. The minimum atomic E-state index is -2.62. The van der Waals surface area contributed by atoms with E-state index in [1.165, 1.54) is 11.0 Å². The number of Topliss-reactive ketones (excluding diaryl/α,β-unsaturated/α-hetero) is 2. The van der Waals surface area contributed by atoms with Gasteiger partial charge in [0.25, 0.3) is 5.91 Å². The summed E-state index contributed by atoms with van der Waals surface area (Å²) in [5, 5.41) is 46.9. The van der Waals surface area contributed by atoms with Gasteiger partial charge in [-0.25, -0.2) is 0 Å². The molecule has 33 heavy (non-hydrogen) atoms. The van der Waals surface area contributed by atoms with Gasteiger partial charge in [-0.1, -0.05) is 6.07 Å². The van der Waals surface area contributed by atoms with Crippen LogP contribution in [-0.4, -0.2) is 75.6 Å². The fraction of sp³-hybridized carbons (Fsp3) is 0.435. The number of hydrogen-bond acceptors (Lipinski definition) is 9. The Kier molecular flexibility index (Phi) is 5.35. The molecule has 0 spiro atoms. The third-order valence-electron chi connectivity index (χ3n) is 7.07. The molecule has 0 fully saturated rings. The minimum Gasteiger partial charge on any atom is -0.510 e. The van der Waals surface area contributed by atoms with Gasteiger partial charge in [0.2, 0.25) is 5.78 Å². The number of ketones is 2. The number of carbonyl (C=O) groups excluding carboxylic acids is 3. The molecule has 1 aromatic carbocycles. The van der Waals surface area contributed by atoms with Crippen LogP contribution in [0.2, 0.25) is 0 Å². The molecule has 0 heterocycles. The van der Waals surface area contributed by atoms with Crippen LogP contribution in [0.4, 0.5) is 0 Å². The van der Waals surface area contributed by atoms with E-state index in [1.807, 2.05) is 0 Å². The van der Waals surface area contributed by atoms with Gasteiger partial charge in [-0.15, -0.1) is 0 Å². The van der Waals surface area contributed by atoms with Crippen molar-refractivity contribution in [2.75, 3.05) is 21.1 Å². The molecule has 0 bridgehead atoms. The summed E-state index contributed by atoms with van der Waals surface area (Å²) >= 11 is 0. The Morgan fingerprint density at radius 2 is 1.91 bits per heavy atom. The number of fused-ring (bicyclic) bond motifs is 3. The smallest absolute Gasteiger partial charge is 0.255 e. The topological polar surface area (TPSA) is 173 Å². The van der Waals surface area contributed by atoms with Gasteiger partial charge in [-0.3, -0.25) is 19.3 Å². The van der Waals surface area contributed by atoms with E-state index in [1.54, 1.807) is 27.2 Å². The minimum absolute atomic E-state index is 0.0172. The number of amides is 1. The Morgan fingerprint density at radius 3 is 2.48 bits per heavy atom. The lowest BCUT2D eigenvalue weighted by atomic mass is 9.58. The number of likely N-dealkylation sites (N-methyl/N-ethyl adjacent to an activating group) is 1. The van der Waals surface area contributed by atoms with Crippen molar-refractivity contribution < 1.29 is 34.8 Å². The first-order valence-corrected chi connectivity index (χ1v) is 10.6. The second kappa shape index (κ2) is 7.68. The van der Waals surface area contributed by atoms with Gasteiger partial charge in [0.1, 0.15) is 22.8 Å². The second-order valence-electron chi connectivity index (χ2n) is 9.09. The molecule has 176 valence electrons. The van der Waals surface area contributed by atoms with Crippen molar-refractivity contribution in [1.82, 2.24) is 10.2 Å². The molecule has 0 saturated heterocycles. The van der Waals surface area contributed by atoms with Gasteiger partial charge in [0.15, 0.2) is 11.4 Å². The molecule has 3 aliphatic rings. The van der Waals surface area contributed by atoms with E-state index in [0.29, 0.717) is 12.1 Å². The molecule has 4 atom stereocenters. The fourth-order valence-electron chi connectivity index (χ4n) is 5.67. The van der Waals surface area contributed by atoms with Crippen LogP contribution in [0.5, 0.6) is 5.75 Å². The van der Waals surface area contributed by atoms with Crippen LogP contribution in [0.25, 0.3) is 0 Å². The van der Waals surface area contributed by atoms with Crippen LogP contribution in [0, 0.1) is 11.8 Å². The van der Waals surface area contributed by atoms with Gasteiger partial charge >= 0.3 is 0 Å². The number of hydrogen-bond donors (Lipinski definition) is 6. The lowest BCUT2D eigenvalue weighted by molar-refractivity contribution is -0.148. The van der Waals surface area contributed by atoms with E-state index < -0.39 is 58.0 Å². The molecule has 0 saturated carbocycles. The van der Waals surface area contributed by atoms with Crippen molar-refractivity contribution in [3.8, 4) is 5.75 Å². The number of carbonyl (C=O) groups is 3. The Morgan fingerprint density at radius 1 is 1.24 bits per heavy atom. The summed E-state index contributed by atoms with van der Waals surface area (Å²) in [6.45, 7) is 0.450. The van der Waals surface area contributed by atoms with Crippen molar-refractivity contribution in [1.29, 1.82) is 0 Å². The highest BCUT2D eigenvalue weighted by Gasteiger charge is 2.63. The first kappa shape index (κ1) is 23.0. The zero-order valence-electron chi connectivity index (χ0n) is 18.5. The summed E-state index contributed by atoms with van der Waals surface area (Å²) in [7, 11) is 4.94. The number of nitrogens with zero attached hydrogens (tertiary/aromatic N) is 1. The van der Waals surface area contributed by atoms with Crippen molar-refractivity contribution in [2.24, 2.45) is 17.6 Å². The first-order valence-electron chi connectivity index (χ1n) is 10.6. The van der Waals surface area contributed by atoms with Gasteiger partial charge in [0, 0.05) is 18.0 Å². The summed E-state index contributed by atoms with van der Waals surface area (Å²) < 4.78 is 0. The number of nitrogens with two attached hydrogens (primary N) is 1. The van der Waals surface area contributed by atoms with E-state index >= 15 is 0 Å². The van der Waals surface area contributed by atoms with Crippen molar-refractivity contribution in [3.05, 3.63) is 51.5 Å². The van der Waals surface area contributed by atoms with Crippen LogP contribution in [-0.2, 0) is 22.6 Å². The molecule has 0 aromatic heterocycles. The van der Waals surface area contributed by atoms with Gasteiger partial charge in [-0.05, 0) is 57.1 Å². The molecule has 1 unspecified atom stereocenters. The maximum absolute atomic E-state index is 13.5. The third-order valence-corrected chi connectivity index (χ3v) is 7.07. The summed E-state index contributed by atoms with van der Waals surface area (Å²) in [5.74, 6) is -6.49. The monoisotopic (exact) mass is 457 g/mol. The number of primary amides is 1. The first-order chi connectivity index (χ1) is 15.5. The van der Waals surface area contributed by atoms with Gasteiger partial charge in [0.05, 0.1) is 11.6 Å². The van der Waals surface area contributed by atoms with Crippen LogP contribution >= 0.6 is 0 Å². The molecule has 1 amide bonds. The van der Waals surface area contributed by atoms with Crippen molar-refractivity contribution >= 4 is 17.5 Å². The summed E-state index contributed by atoms with van der Waals surface area (Å²) in [4.78, 5) is 40.2. The van der Waals surface area contributed by atoms with E-state index in [9.17, 15) is 34.8 Å². The number of allylic oxidation sites excluding steroid dienone is 1. The zero-order valence-corrected chi connectivity index (χ0v) is 18.5. The molecule has 0 radical (unpaired) electrons. The maximum Gasteiger partial charge on any atom is 0.255 e. The number of aromatic hydroxyl groups is 1. The van der Waals surface area contributed by atoms with Crippen LogP contribution in [0.15, 0.2) is 34.8 Å². The van der Waals surface area contributed by atoms with E-state index in [4.69, 9.17) is 5.73 Å². The number of benzene rings is 1. The Balaban J connectivity index is 1.96. The number of aliphatic hydroxyl groups is 3. The molecule has 10 nitrogen and oxygen atoms in total. The normalized spacial score (nSPS) is 29.2. The maximum atomic E-state index is 13.5. The number of phenolic OH excluding ortho intramolecular Hbond substituents is 1. The SMILES string of the molecule is CNCc1ccc(O)c2c1C[C@H]1C[C@H]3C(N(C)C)C(O)=C(C(N)=O)C(=O)[C@@]3(O)C(O)=C1C2=O. The molecule has 0 aliphatic heterocycles. The summed E-state index contributed by atoms with van der Waals surface area (Å²) in [6.07, 6.45) is 0.348. The average Bonchev–Trinajstić information content (AvgIpc) is 2.72. The lowest BCUT2D eigenvalue weighted by Gasteiger charge is -2.50. The number of phenols is 1.